The average molecular weight is 312 g/mol. The number of hydrogen-bond acceptors (Lipinski definition) is 3. The highest BCUT2D eigenvalue weighted by atomic mass is 79.9. The maximum Gasteiger partial charge on any atom is 0.133 e. The number of benzene rings is 1. The number of rotatable bonds is 2. The Labute approximate surface area is 92.6 Å². The van der Waals surface area contributed by atoms with Crippen LogP contribution < -0.4 is 0 Å². The van der Waals surface area contributed by atoms with E-state index in [2.05, 4.69) is 31.9 Å². The Bertz CT molecular complexity index is 299. The number of halogens is 2. The van der Waals surface area contributed by atoms with Crippen LogP contribution in [0.5, 0.6) is 11.5 Å². The zero-order chi connectivity index (χ0) is 10.0. The maximum absolute atomic E-state index is 9.35. The maximum atomic E-state index is 9.35. The lowest BCUT2D eigenvalue weighted by Crippen LogP contribution is -1.91. The molecule has 0 saturated carbocycles. The number of aromatic hydroxyl groups is 2. The summed E-state index contributed by atoms with van der Waals surface area (Å²) >= 11 is 6.39. The summed E-state index contributed by atoms with van der Waals surface area (Å²) in [4.78, 5) is 0. The molecule has 0 aliphatic rings. The van der Waals surface area contributed by atoms with Gasteiger partial charge in [0.25, 0.3) is 0 Å². The van der Waals surface area contributed by atoms with Crippen molar-refractivity contribution in [1.29, 1.82) is 0 Å². The Morgan fingerprint density at radius 3 is 2.08 bits per heavy atom. The SMILES string of the molecule is COCc1c(Br)c(O)cc(O)c1Br. The van der Waals surface area contributed by atoms with E-state index in [-0.39, 0.29) is 11.5 Å². The van der Waals surface area contributed by atoms with E-state index >= 15 is 0 Å². The number of phenols is 2. The molecule has 0 radical (unpaired) electrons. The molecule has 0 unspecified atom stereocenters. The monoisotopic (exact) mass is 310 g/mol. The van der Waals surface area contributed by atoms with Crippen LogP contribution in [0.1, 0.15) is 5.56 Å². The van der Waals surface area contributed by atoms with E-state index < -0.39 is 0 Å². The molecule has 0 fully saturated rings. The van der Waals surface area contributed by atoms with E-state index in [0.29, 0.717) is 21.1 Å². The van der Waals surface area contributed by atoms with Crippen molar-refractivity contribution in [3.63, 3.8) is 0 Å². The predicted octanol–water partition coefficient (Wildman–Crippen LogP) is 2.77. The van der Waals surface area contributed by atoms with Gasteiger partial charge in [0.05, 0.1) is 15.6 Å². The summed E-state index contributed by atoms with van der Waals surface area (Å²) in [6, 6.07) is 1.26. The average Bonchev–Trinajstić information content (AvgIpc) is 2.09. The molecule has 5 heteroatoms. The topological polar surface area (TPSA) is 49.7 Å². The fourth-order valence-corrected chi connectivity index (χ4v) is 2.05. The van der Waals surface area contributed by atoms with Gasteiger partial charge in [0, 0.05) is 18.7 Å². The minimum Gasteiger partial charge on any atom is -0.507 e. The van der Waals surface area contributed by atoms with Gasteiger partial charge in [-0.15, -0.1) is 0 Å². The molecule has 0 bridgehead atoms. The number of methoxy groups -OCH3 is 1. The van der Waals surface area contributed by atoms with E-state index in [0.717, 1.165) is 0 Å². The molecule has 2 N–H and O–H groups in total. The molecule has 0 saturated heterocycles. The van der Waals surface area contributed by atoms with Crippen LogP contribution in [-0.4, -0.2) is 17.3 Å². The Morgan fingerprint density at radius 1 is 1.23 bits per heavy atom. The highest BCUT2D eigenvalue weighted by Gasteiger charge is 2.13. The van der Waals surface area contributed by atoms with Crippen molar-refractivity contribution in [3.8, 4) is 11.5 Å². The minimum absolute atomic E-state index is 0.00671. The van der Waals surface area contributed by atoms with E-state index in [1.54, 1.807) is 7.11 Å². The van der Waals surface area contributed by atoms with Crippen molar-refractivity contribution in [2.75, 3.05) is 7.11 Å². The summed E-state index contributed by atoms with van der Waals surface area (Å²) in [6.45, 7) is 0.309. The van der Waals surface area contributed by atoms with Crippen LogP contribution >= 0.6 is 31.9 Å². The number of ether oxygens (including phenoxy) is 1. The van der Waals surface area contributed by atoms with Crippen LogP contribution in [-0.2, 0) is 11.3 Å². The molecule has 13 heavy (non-hydrogen) atoms. The quantitative estimate of drug-likeness (QED) is 0.883. The van der Waals surface area contributed by atoms with Gasteiger partial charge in [-0.05, 0) is 31.9 Å². The first kappa shape index (κ1) is 10.8. The Kier molecular flexibility index (Phi) is 3.58. The van der Waals surface area contributed by atoms with Gasteiger partial charge in [0.1, 0.15) is 11.5 Å². The van der Waals surface area contributed by atoms with Gasteiger partial charge in [-0.25, -0.2) is 0 Å². The second-order valence-electron chi connectivity index (χ2n) is 2.45. The summed E-state index contributed by atoms with van der Waals surface area (Å²) in [5.74, 6) is -0.0134. The zero-order valence-corrected chi connectivity index (χ0v) is 10.0. The molecule has 0 spiro atoms. The molecule has 0 atom stereocenters. The third kappa shape index (κ3) is 2.15. The van der Waals surface area contributed by atoms with Crippen molar-refractivity contribution in [1.82, 2.24) is 0 Å². The Morgan fingerprint density at radius 2 is 1.69 bits per heavy atom. The van der Waals surface area contributed by atoms with Gasteiger partial charge in [-0.1, -0.05) is 0 Å². The van der Waals surface area contributed by atoms with Gasteiger partial charge in [-0.2, -0.15) is 0 Å². The van der Waals surface area contributed by atoms with Crippen LogP contribution in [0.3, 0.4) is 0 Å². The van der Waals surface area contributed by atoms with E-state index in [1.165, 1.54) is 6.07 Å². The number of phenolic OH excluding ortho intramolecular Hbond substituents is 2. The lowest BCUT2D eigenvalue weighted by atomic mass is 10.2. The fourth-order valence-electron chi connectivity index (χ4n) is 0.933. The lowest BCUT2D eigenvalue weighted by Gasteiger charge is -2.09. The molecule has 0 aliphatic heterocycles. The molecular weight excluding hydrogens is 304 g/mol. The second-order valence-corrected chi connectivity index (χ2v) is 4.04. The molecule has 0 aliphatic carbocycles. The highest BCUT2D eigenvalue weighted by molar-refractivity contribution is 9.11. The molecule has 3 nitrogen and oxygen atoms in total. The largest absolute Gasteiger partial charge is 0.507 e. The molecule has 1 rings (SSSR count). The van der Waals surface area contributed by atoms with Crippen LogP contribution in [0.25, 0.3) is 0 Å². The molecule has 1 aromatic carbocycles. The van der Waals surface area contributed by atoms with Gasteiger partial charge in [-0.3, -0.25) is 0 Å². The Balaban J connectivity index is 3.28. The summed E-state index contributed by atoms with van der Waals surface area (Å²) in [6.07, 6.45) is 0. The summed E-state index contributed by atoms with van der Waals surface area (Å²) in [5.41, 5.74) is 0.681. The number of hydrogen-bond donors (Lipinski definition) is 2. The Hall–Kier alpha value is -0.260. The third-order valence-electron chi connectivity index (χ3n) is 1.54. The van der Waals surface area contributed by atoms with Crippen molar-refractivity contribution >= 4 is 31.9 Å². The van der Waals surface area contributed by atoms with Crippen molar-refractivity contribution < 1.29 is 14.9 Å². The molecule has 1 aromatic rings. The molecule has 72 valence electrons. The third-order valence-corrected chi connectivity index (χ3v) is 3.31. The van der Waals surface area contributed by atoms with E-state index in [9.17, 15) is 10.2 Å². The first-order valence-electron chi connectivity index (χ1n) is 3.45. The van der Waals surface area contributed by atoms with Gasteiger partial charge in [0.2, 0.25) is 0 Å². The van der Waals surface area contributed by atoms with E-state index in [4.69, 9.17) is 4.74 Å². The summed E-state index contributed by atoms with van der Waals surface area (Å²) in [5, 5.41) is 18.7. The second kappa shape index (κ2) is 4.30. The normalized spacial score (nSPS) is 10.4. The minimum atomic E-state index is -0.00671. The van der Waals surface area contributed by atoms with Crippen LogP contribution in [0.4, 0.5) is 0 Å². The van der Waals surface area contributed by atoms with Crippen molar-refractivity contribution in [2.45, 2.75) is 6.61 Å². The molecule has 0 aromatic heterocycles. The lowest BCUT2D eigenvalue weighted by molar-refractivity contribution is 0.183. The molecule has 0 heterocycles. The van der Waals surface area contributed by atoms with Crippen molar-refractivity contribution in [2.24, 2.45) is 0 Å². The highest BCUT2D eigenvalue weighted by Crippen LogP contribution is 2.39. The summed E-state index contributed by atoms with van der Waals surface area (Å²) in [7, 11) is 1.54. The zero-order valence-electron chi connectivity index (χ0n) is 6.84. The fraction of sp³-hybridized carbons (Fsp3) is 0.250. The van der Waals surface area contributed by atoms with Crippen molar-refractivity contribution in [3.05, 3.63) is 20.6 Å². The first-order valence-corrected chi connectivity index (χ1v) is 5.04. The van der Waals surface area contributed by atoms with Gasteiger partial charge in [0.15, 0.2) is 0 Å². The van der Waals surface area contributed by atoms with Gasteiger partial charge < -0.3 is 14.9 Å². The predicted molar refractivity (Wildman–Crippen MR) is 55.9 cm³/mol. The first-order chi connectivity index (χ1) is 6.07. The van der Waals surface area contributed by atoms with Crippen LogP contribution in [0.15, 0.2) is 15.0 Å². The standard InChI is InChI=1S/C8H8Br2O3/c1-13-3-4-7(9)5(11)2-6(12)8(4)10/h2,11-12H,3H2,1H3. The van der Waals surface area contributed by atoms with Crippen LogP contribution in [0.2, 0.25) is 0 Å². The molecular formula is C8H8Br2O3. The summed E-state index contributed by atoms with van der Waals surface area (Å²) < 4.78 is 5.97. The van der Waals surface area contributed by atoms with E-state index in [1.807, 2.05) is 0 Å². The van der Waals surface area contributed by atoms with Crippen LogP contribution in [0, 0.1) is 0 Å². The van der Waals surface area contributed by atoms with Gasteiger partial charge >= 0.3 is 0 Å². The molecule has 0 amide bonds. The smallest absolute Gasteiger partial charge is 0.133 e.